The van der Waals surface area contributed by atoms with Crippen molar-refractivity contribution in [3.63, 3.8) is 0 Å². The number of rotatable bonds is 4. The predicted molar refractivity (Wildman–Crippen MR) is 73.0 cm³/mol. The van der Waals surface area contributed by atoms with Crippen LogP contribution in [0.5, 0.6) is 0 Å². The summed E-state index contributed by atoms with van der Waals surface area (Å²) in [4.78, 5) is 0. The molecular formula is C16H29N. The Morgan fingerprint density at radius 2 is 1.71 bits per heavy atom. The molecule has 0 radical (unpaired) electrons. The molecule has 0 aromatic heterocycles. The molecule has 0 aromatic rings. The molecule has 3 saturated carbocycles. The number of fused-ring (bicyclic) bond motifs is 1. The van der Waals surface area contributed by atoms with Gasteiger partial charge in [-0.3, -0.25) is 0 Å². The van der Waals surface area contributed by atoms with E-state index in [1.165, 1.54) is 38.6 Å². The van der Waals surface area contributed by atoms with Crippen molar-refractivity contribution >= 4 is 0 Å². The highest BCUT2D eigenvalue weighted by Crippen LogP contribution is 2.63. The van der Waals surface area contributed by atoms with E-state index in [2.05, 4.69) is 19.2 Å². The van der Waals surface area contributed by atoms with Crippen LogP contribution in [0.4, 0.5) is 0 Å². The molecular weight excluding hydrogens is 206 g/mol. The fourth-order valence-corrected chi connectivity index (χ4v) is 4.68. The van der Waals surface area contributed by atoms with Crippen LogP contribution in [0.25, 0.3) is 0 Å². The first-order chi connectivity index (χ1) is 8.20. The summed E-state index contributed by atoms with van der Waals surface area (Å²) in [5.41, 5.74) is 0.707. The second-order valence-corrected chi connectivity index (χ2v) is 7.40. The molecule has 0 aliphatic heterocycles. The summed E-state index contributed by atoms with van der Waals surface area (Å²) in [6, 6.07) is 0.660. The predicted octanol–water partition coefficient (Wildman–Crippen LogP) is 3.98. The lowest BCUT2D eigenvalue weighted by molar-refractivity contribution is 0.101. The molecule has 3 aliphatic carbocycles. The summed E-state index contributed by atoms with van der Waals surface area (Å²) in [6.07, 6.45) is 12.2. The van der Waals surface area contributed by atoms with E-state index in [0.29, 0.717) is 11.5 Å². The first kappa shape index (κ1) is 12.0. The third-order valence-corrected chi connectivity index (χ3v) is 5.74. The van der Waals surface area contributed by atoms with Gasteiger partial charge in [0, 0.05) is 12.6 Å². The van der Waals surface area contributed by atoms with Gasteiger partial charge in [0.15, 0.2) is 0 Å². The summed E-state index contributed by atoms with van der Waals surface area (Å²) < 4.78 is 0. The zero-order valence-corrected chi connectivity index (χ0v) is 11.7. The Hall–Kier alpha value is -0.0400. The van der Waals surface area contributed by atoms with Crippen LogP contribution in [0.15, 0.2) is 0 Å². The van der Waals surface area contributed by atoms with Gasteiger partial charge in [-0.25, -0.2) is 0 Å². The van der Waals surface area contributed by atoms with Crippen LogP contribution in [-0.2, 0) is 0 Å². The van der Waals surface area contributed by atoms with Crippen LogP contribution in [0.3, 0.4) is 0 Å². The van der Waals surface area contributed by atoms with Crippen LogP contribution in [0.2, 0.25) is 0 Å². The first-order valence-corrected chi connectivity index (χ1v) is 7.93. The molecule has 1 N–H and O–H groups in total. The molecule has 2 atom stereocenters. The maximum atomic E-state index is 3.77. The van der Waals surface area contributed by atoms with E-state index >= 15 is 0 Å². The average molecular weight is 235 g/mol. The highest BCUT2D eigenvalue weighted by Gasteiger charge is 2.56. The van der Waals surface area contributed by atoms with Crippen LogP contribution < -0.4 is 5.32 Å². The van der Waals surface area contributed by atoms with Gasteiger partial charge in [-0.05, 0) is 55.3 Å². The van der Waals surface area contributed by atoms with Gasteiger partial charge in [0.05, 0.1) is 0 Å². The van der Waals surface area contributed by atoms with E-state index in [9.17, 15) is 0 Å². The Kier molecular flexibility index (Phi) is 3.23. The second-order valence-electron chi connectivity index (χ2n) is 7.40. The van der Waals surface area contributed by atoms with Gasteiger partial charge in [0.1, 0.15) is 0 Å². The third kappa shape index (κ3) is 2.41. The third-order valence-electron chi connectivity index (χ3n) is 5.74. The topological polar surface area (TPSA) is 12.0 Å². The first-order valence-electron chi connectivity index (χ1n) is 7.93. The van der Waals surface area contributed by atoms with Crippen molar-refractivity contribution in [3.8, 4) is 0 Å². The smallest absolute Gasteiger partial charge is 0.00130 e. The lowest BCUT2D eigenvalue weighted by Crippen LogP contribution is -2.42. The van der Waals surface area contributed by atoms with Crippen molar-refractivity contribution < 1.29 is 0 Å². The zero-order valence-electron chi connectivity index (χ0n) is 11.7. The monoisotopic (exact) mass is 235 g/mol. The van der Waals surface area contributed by atoms with Crippen molar-refractivity contribution in [2.24, 2.45) is 23.2 Å². The Morgan fingerprint density at radius 3 is 2.29 bits per heavy atom. The fraction of sp³-hybridized carbons (Fsp3) is 1.00. The summed E-state index contributed by atoms with van der Waals surface area (Å²) in [7, 11) is 0. The Labute approximate surface area is 107 Å². The molecule has 1 nitrogen and oxygen atoms in total. The van der Waals surface area contributed by atoms with E-state index < -0.39 is 0 Å². The van der Waals surface area contributed by atoms with E-state index in [-0.39, 0.29) is 0 Å². The summed E-state index contributed by atoms with van der Waals surface area (Å²) in [6.45, 7) is 5.90. The van der Waals surface area contributed by atoms with Gasteiger partial charge in [-0.15, -0.1) is 0 Å². The van der Waals surface area contributed by atoms with Gasteiger partial charge >= 0.3 is 0 Å². The quantitative estimate of drug-likeness (QED) is 0.777. The lowest BCUT2D eigenvalue weighted by atomic mass is 9.66. The molecule has 1 heteroatoms. The van der Waals surface area contributed by atoms with Gasteiger partial charge in [-0.2, -0.15) is 0 Å². The van der Waals surface area contributed by atoms with Crippen LogP contribution >= 0.6 is 0 Å². The minimum atomic E-state index is 0.660. The molecule has 2 unspecified atom stereocenters. The van der Waals surface area contributed by atoms with Gasteiger partial charge in [-0.1, -0.05) is 33.1 Å². The highest BCUT2D eigenvalue weighted by molar-refractivity contribution is 5.06. The minimum absolute atomic E-state index is 0.660. The molecule has 0 heterocycles. The van der Waals surface area contributed by atoms with E-state index in [4.69, 9.17) is 0 Å². The summed E-state index contributed by atoms with van der Waals surface area (Å²) in [5, 5.41) is 3.77. The lowest BCUT2D eigenvalue weighted by Gasteiger charge is -2.42. The molecule has 0 spiro atoms. The van der Waals surface area contributed by atoms with Crippen molar-refractivity contribution in [2.75, 3.05) is 6.54 Å². The van der Waals surface area contributed by atoms with E-state index in [1.807, 2.05) is 0 Å². The van der Waals surface area contributed by atoms with Gasteiger partial charge in [0.2, 0.25) is 0 Å². The van der Waals surface area contributed by atoms with E-state index in [0.717, 1.165) is 17.8 Å². The summed E-state index contributed by atoms with van der Waals surface area (Å²) in [5.74, 6) is 3.31. The van der Waals surface area contributed by atoms with Crippen molar-refractivity contribution in [3.05, 3.63) is 0 Å². The van der Waals surface area contributed by atoms with Crippen molar-refractivity contribution in [1.82, 2.24) is 5.32 Å². The maximum Gasteiger partial charge on any atom is 0.00130 e. The maximum absolute atomic E-state index is 3.77. The van der Waals surface area contributed by atoms with Crippen molar-refractivity contribution in [1.29, 1.82) is 0 Å². The highest BCUT2D eigenvalue weighted by atomic mass is 14.9. The molecule has 3 aliphatic rings. The molecule has 17 heavy (non-hydrogen) atoms. The SMILES string of the molecule is CC(C)NCC1(C2CCCCC2)CC2CC2C1. The Balaban J connectivity index is 1.67. The normalized spacial score (nSPS) is 41.8. The van der Waals surface area contributed by atoms with Gasteiger partial charge < -0.3 is 5.32 Å². The number of nitrogens with one attached hydrogen (secondary N) is 1. The number of hydrogen-bond donors (Lipinski definition) is 1. The Morgan fingerprint density at radius 1 is 1.06 bits per heavy atom. The van der Waals surface area contributed by atoms with Crippen LogP contribution in [0, 0.1) is 23.2 Å². The molecule has 3 rings (SSSR count). The second kappa shape index (κ2) is 4.57. The molecule has 0 bridgehead atoms. The van der Waals surface area contributed by atoms with Crippen LogP contribution in [0.1, 0.15) is 65.2 Å². The fourth-order valence-electron chi connectivity index (χ4n) is 4.68. The molecule has 0 amide bonds. The molecule has 3 fully saturated rings. The van der Waals surface area contributed by atoms with Crippen LogP contribution in [-0.4, -0.2) is 12.6 Å². The molecule has 98 valence electrons. The molecule has 0 saturated heterocycles. The minimum Gasteiger partial charge on any atom is -0.314 e. The van der Waals surface area contributed by atoms with E-state index in [1.54, 1.807) is 19.3 Å². The zero-order chi connectivity index (χ0) is 11.9. The molecule has 0 aromatic carbocycles. The average Bonchev–Trinajstić information content (AvgIpc) is 2.96. The summed E-state index contributed by atoms with van der Waals surface area (Å²) >= 11 is 0. The standard InChI is InChI=1S/C16H29N/c1-12(2)17-11-16(9-13-8-14(13)10-16)15-6-4-3-5-7-15/h12-15,17H,3-11H2,1-2H3. The van der Waals surface area contributed by atoms with Crippen molar-refractivity contribution in [2.45, 2.75) is 71.3 Å². The van der Waals surface area contributed by atoms with Gasteiger partial charge in [0.25, 0.3) is 0 Å². The Bertz CT molecular complexity index is 255. The number of hydrogen-bond acceptors (Lipinski definition) is 1. The largest absolute Gasteiger partial charge is 0.314 e.